The summed E-state index contributed by atoms with van der Waals surface area (Å²) >= 11 is 0. The number of methoxy groups -OCH3 is 1. The molecule has 0 amide bonds. The third kappa shape index (κ3) is 1.85. The molecule has 0 atom stereocenters. The van der Waals surface area contributed by atoms with Gasteiger partial charge in [-0.15, -0.1) is 0 Å². The minimum absolute atomic E-state index is 0.723. The van der Waals surface area contributed by atoms with E-state index in [2.05, 4.69) is 9.68 Å². The fourth-order valence-corrected chi connectivity index (χ4v) is 0.570. The van der Waals surface area contributed by atoms with E-state index in [-0.39, 0.29) is 0 Å². The van der Waals surface area contributed by atoms with E-state index in [4.69, 9.17) is 4.74 Å². The largest absolute Gasteiger partial charge is 0.384 e. The first kappa shape index (κ1) is 6.29. The smallest absolute Gasteiger partial charge is 0.127 e. The molecular formula is C6H9NO2. The van der Waals surface area contributed by atoms with Crippen molar-refractivity contribution in [1.82, 2.24) is 5.16 Å². The Labute approximate surface area is 53.6 Å². The van der Waals surface area contributed by atoms with Crippen LogP contribution < -0.4 is 0 Å². The SMILES string of the molecule is COCCc1cnoc1. The third-order valence-electron chi connectivity index (χ3n) is 1.08. The Balaban J connectivity index is 2.30. The van der Waals surface area contributed by atoms with Crippen molar-refractivity contribution in [3.05, 3.63) is 18.0 Å². The molecule has 0 saturated heterocycles. The van der Waals surface area contributed by atoms with Gasteiger partial charge < -0.3 is 9.26 Å². The second kappa shape index (κ2) is 3.25. The van der Waals surface area contributed by atoms with Gasteiger partial charge in [-0.1, -0.05) is 5.16 Å². The minimum Gasteiger partial charge on any atom is -0.384 e. The second-order valence-corrected chi connectivity index (χ2v) is 1.78. The number of hydrogen-bond acceptors (Lipinski definition) is 3. The van der Waals surface area contributed by atoms with Crippen LogP contribution >= 0.6 is 0 Å². The van der Waals surface area contributed by atoms with Gasteiger partial charge in [0.2, 0.25) is 0 Å². The van der Waals surface area contributed by atoms with Crippen LogP contribution in [0.3, 0.4) is 0 Å². The lowest BCUT2D eigenvalue weighted by molar-refractivity contribution is 0.202. The maximum absolute atomic E-state index is 4.85. The summed E-state index contributed by atoms with van der Waals surface area (Å²) in [4.78, 5) is 0. The van der Waals surface area contributed by atoms with E-state index >= 15 is 0 Å². The molecule has 0 aliphatic carbocycles. The maximum Gasteiger partial charge on any atom is 0.127 e. The normalized spacial score (nSPS) is 9.89. The van der Waals surface area contributed by atoms with Gasteiger partial charge in [0.05, 0.1) is 12.8 Å². The van der Waals surface area contributed by atoms with Gasteiger partial charge in [0.15, 0.2) is 0 Å². The summed E-state index contributed by atoms with van der Waals surface area (Å²) in [6, 6.07) is 0. The zero-order valence-corrected chi connectivity index (χ0v) is 5.33. The first-order valence-corrected chi connectivity index (χ1v) is 2.80. The first-order valence-electron chi connectivity index (χ1n) is 2.80. The number of aromatic nitrogens is 1. The standard InChI is InChI=1S/C6H9NO2/c1-8-3-2-6-4-7-9-5-6/h4-5H,2-3H2,1H3. The summed E-state index contributed by atoms with van der Waals surface area (Å²) in [5.41, 5.74) is 1.08. The highest BCUT2D eigenvalue weighted by atomic mass is 16.5. The molecule has 1 aromatic rings. The lowest BCUT2D eigenvalue weighted by atomic mass is 10.3. The molecule has 0 saturated carbocycles. The van der Waals surface area contributed by atoms with Crippen molar-refractivity contribution in [1.29, 1.82) is 0 Å². The topological polar surface area (TPSA) is 35.3 Å². The summed E-state index contributed by atoms with van der Waals surface area (Å²) in [7, 11) is 1.67. The van der Waals surface area contributed by atoms with Gasteiger partial charge in [0, 0.05) is 19.1 Å². The molecular weight excluding hydrogens is 118 g/mol. The van der Waals surface area contributed by atoms with Crippen LogP contribution in [-0.2, 0) is 11.2 Å². The van der Waals surface area contributed by atoms with E-state index in [1.54, 1.807) is 19.6 Å². The predicted molar refractivity (Wildman–Crippen MR) is 32.1 cm³/mol. The van der Waals surface area contributed by atoms with Gasteiger partial charge in [-0.05, 0) is 0 Å². The Kier molecular flexibility index (Phi) is 2.27. The molecule has 1 rings (SSSR count). The van der Waals surface area contributed by atoms with Crippen LogP contribution in [0, 0.1) is 0 Å². The Morgan fingerprint density at radius 2 is 2.67 bits per heavy atom. The van der Waals surface area contributed by atoms with Crippen LogP contribution in [0.5, 0.6) is 0 Å². The minimum atomic E-state index is 0.723. The van der Waals surface area contributed by atoms with Crippen LogP contribution in [0.15, 0.2) is 17.0 Å². The quantitative estimate of drug-likeness (QED) is 0.604. The fourth-order valence-electron chi connectivity index (χ4n) is 0.570. The Bertz CT molecular complexity index is 148. The summed E-state index contributed by atoms with van der Waals surface area (Å²) < 4.78 is 9.45. The molecule has 0 bridgehead atoms. The van der Waals surface area contributed by atoms with Crippen molar-refractivity contribution >= 4 is 0 Å². The van der Waals surface area contributed by atoms with E-state index in [0.717, 1.165) is 18.6 Å². The molecule has 0 radical (unpaired) electrons. The van der Waals surface area contributed by atoms with E-state index < -0.39 is 0 Å². The van der Waals surface area contributed by atoms with Gasteiger partial charge in [0.25, 0.3) is 0 Å². The van der Waals surface area contributed by atoms with Gasteiger partial charge in [-0.25, -0.2) is 0 Å². The highest BCUT2D eigenvalue weighted by Gasteiger charge is 1.92. The van der Waals surface area contributed by atoms with Crippen LogP contribution in [0.25, 0.3) is 0 Å². The van der Waals surface area contributed by atoms with E-state index in [1.165, 1.54) is 0 Å². The van der Waals surface area contributed by atoms with Crippen molar-refractivity contribution in [2.24, 2.45) is 0 Å². The molecule has 0 N–H and O–H groups in total. The molecule has 0 unspecified atom stereocenters. The summed E-state index contributed by atoms with van der Waals surface area (Å²) in [6.45, 7) is 0.723. The average Bonchev–Trinajstić information content (AvgIpc) is 2.34. The van der Waals surface area contributed by atoms with Crippen molar-refractivity contribution in [3.8, 4) is 0 Å². The molecule has 1 heterocycles. The summed E-state index contributed by atoms with van der Waals surface area (Å²) in [5, 5.41) is 3.54. The summed E-state index contributed by atoms with van der Waals surface area (Å²) in [5.74, 6) is 0. The lowest BCUT2D eigenvalue weighted by Crippen LogP contribution is -1.91. The summed E-state index contributed by atoms with van der Waals surface area (Å²) in [6.07, 6.45) is 4.19. The van der Waals surface area contributed by atoms with Crippen molar-refractivity contribution in [2.45, 2.75) is 6.42 Å². The molecule has 1 aromatic heterocycles. The van der Waals surface area contributed by atoms with E-state index in [9.17, 15) is 0 Å². The molecule has 0 aliphatic rings. The highest BCUT2D eigenvalue weighted by molar-refractivity contribution is 4.99. The molecule has 0 spiro atoms. The van der Waals surface area contributed by atoms with E-state index in [1.807, 2.05) is 0 Å². The predicted octanol–water partition coefficient (Wildman–Crippen LogP) is 0.864. The first-order chi connectivity index (χ1) is 4.43. The molecule has 3 nitrogen and oxygen atoms in total. The number of ether oxygens (including phenoxy) is 1. The van der Waals surface area contributed by atoms with Crippen molar-refractivity contribution in [3.63, 3.8) is 0 Å². The van der Waals surface area contributed by atoms with Gasteiger partial charge in [0.1, 0.15) is 6.26 Å². The number of hydrogen-bond donors (Lipinski definition) is 0. The van der Waals surface area contributed by atoms with Crippen molar-refractivity contribution in [2.75, 3.05) is 13.7 Å². The van der Waals surface area contributed by atoms with Crippen LogP contribution in [-0.4, -0.2) is 18.9 Å². The zero-order valence-electron chi connectivity index (χ0n) is 5.33. The monoisotopic (exact) mass is 127 g/mol. The van der Waals surface area contributed by atoms with Gasteiger partial charge in [-0.3, -0.25) is 0 Å². The second-order valence-electron chi connectivity index (χ2n) is 1.78. The molecule has 3 heteroatoms. The Morgan fingerprint density at radius 3 is 3.22 bits per heavy atom. The third-order valence-corrected chi connectivity index (χ3v) is 1.08. The zero-order chi connectivity index (χ0) is 6.53. The highest BCUT2D eigenvalue weighted by Crippen LogP contribution is 1.96. The Morgan fingerprint density at radius 1 is 1.78 bits per heavy atom. The fraction of sp³-hybridized carbons (Fsp3) is 0.500. The molecule has 50 valence electrons. The lowest BCUT2D eigenvalue weighted by Gasteiger charge is -1.91. The van der Waals surface area contributed by atoms with Crippen LogP contribution in [0.4, 0.5) is 0 Å². The number of rotatable bonds is 3. The molecule has 0 aliphatic heterocycles. The Hall–Kier alpha value is -0.830. The maximum atomic E-state index is 4.85. The molecule has 0 aromatic carbocycles. The van der Waals surface area contributed by atoms with Gasteiger partial charge in [-0.2, -0.15) is 0 Å². The van der Waals surface area contributed by atoms with Crippen molar-refractivity contribution < 1.29 is 9.26 Å². The molecule has 0 fully saturated rings. The molecule has 9 heavy (non-hydrogen) atoms. The van der Waals surface area contributed by atoms with Crippen LogP contribution in [0.1, 0.15) is 5.56 Å². The van der Waals surface area contributed by atoms with Gasteiger partial charge >= 0.3 is 0 Å². The van der Waals surface area contributed by atoms with E-state index in [0.29, 0.717) is 0 Å². The number of nitrogens with zero attached hydrogens (tertiary/aromatic N) is 1. The average molecular weight is 127 g/mol. The van der Waals surface area contributed by atoms with Crippen LogP contribution in [0.2, 0.25) is 0 Å².